The highest BCUT2D eigenvalue weighted by molar-refractivity contribution is 7.15. The zero-order valence-electron chi connectivity index (χ0n) is 13.5. The van der Waals surface area contributed by atoms with Gasteiger partial charge in [0.15, 0.2) is 0 Å². The summed E-state index contributed by atoms with van der Waals surface area (Å²) in [5, 5.41) is 25.0. The largest absolute Gasteiger partial charge is 0.466 e. The van der Waals surface area contributed by atoms with Crippen molar-refractivity contribution in [1.82, 2.24) is 15.5 Å². The quantitative estimate of drug-likeness (QED) is 0.720. The Balaban J connectivity index is 1.88. The molecule has 0 aromatic carbocycles. The smallest absolute Gasteiger partial charge is 0.321 e. The van der Waals surface area contributed by atoms with Crippen molar-refractivity contribution in [2.45, 2.75) is 45.1 Å². The minimum atomic E-state index is -1.28. The van der Waals surface area contributed by atoms with E-state index in [0.717, 1.165) is 17.8 Å². The fourth-order valence-corrected chi connectivity index (χ4v) is 3.16. The molecule has 0 bridgehead atoms. The highest BCUT2D eigenvalue weighted by Gasteiger charge is 2.27. The van der Waals surface area contributed by atoms with Gasteiger partial charge in [-0.25, -0.2) is 4.79 Å². The number of nitrogens with one attached hydrogen (secondary N) is 2. The molecule has 2 heterocycles. The van der Waals surface area contributed by atoms with Crippen LogP contribution in [0, 0.1) is 0 Å². The number of carbonyl (C=O) groups excluding carboxylic acids is 1. The van der Waals surface area contributed by atoms with Gasteiger partial charge < -0.3 is 14.8 Å². The van der Waals surface area contributed by atoms with Gasteiger partial charge in [0.2, 0.25) is 5.13 Å². The lowest BCUT2D eigenvalue weighted by Crippen LogP contribution is -2.40. The van der Waals surface area contributed by atoms with Gasteiger partial charge in [0.1, 0.15) is 16.4 Å². The summed E-state index contributed by atoms with van der Waals surface area (Å²) in [6, 6.07) is 2.90. The average Bonchev–Trinajstić information content (AvgIpc) is 3.19. The number of furan rings is 1. The maximum Gasteiger partial charge on any atom is 0.321 e. The molecule has 1 atom stereocenters. The maximum absolute atomic E-state index is 11.9. The van der Waals surface area contributed by atoms with E-state index in [1.54, 1.807) is 19.1 Å². The fraction of sp³-hybridized carbons (Fsp3) is 0.533. The molecule has 2 rings (SSSR count). The molecule has 0 aliphatic rings. The van der Waals surface area contributed by atoms with E-state index in [1.165, 1.54) is 17.6 Å². The van der Waals surface area contributed by atoms with Crippen molar-refractivity contribution in [2.24, 2.45) is 0 Å². The van der Waals surface area contributed by atoms with E-state index < -0.39 is 11.6 Å². The molecule has 0 aliphatic carbocycles. The maximum atomic E-state index is 11.9. The highest BCUT2D eigenvalue weighted by atomic mass is 32.1. The Morgan fingerprint density at radius 3 is 2.78 bits per heavy atom. The number of rotatable bonds is 7. The Bertz CT molecular complexity index is 620. The van der Waals surface area contributed by atoms with Crippen LogP contribution in [0.2, 0.25) is 0 Å². The summed E-state index contributed by atoms with van der Waals surface area (Å²) >= 11 is 1.37. The van der Waals surface area contributed by atoms with Crippen molar-refractivity contribution in [3.63, 3.8) is 0 Å². The lowest BCUT2D eigenvalue weighted by atomic mass is 10.0. The Morgan fingerprint density at radius 2 is 2.17 bits per heavy atom. The second-order valence-corrected chi connectivity index (χ2v) is 6.53. The molecule has 0 aliphatic heterocycles. The van der Waals surface area contributed by atoms with Gasteiger partial charge in [-0.2, -0.15) is 0 Å². The van der Waals surface area contributed by atoms with Gasteiger partial charge in [-0.1, -0.05) is 25.2 Å². The molecule has 8 heteroatoms. The number of urea groups is 1. The van der Waals surface area contributed by atoms with Crippen LogP contribution in [-0.2, 0) is 5.60 Å². The van der Waals surface area contributed by atoms with Crippen LogP contribution in [-0.4, -0.2) is 27.9 Å². The van der Waals surface area contributed by atoms with Crippen LogP contribution >= 0.6 is 11.3 Å². The topological polar surface area (TPSA) is 100 Å². The third kappa shape index (κ3) is 4.52. The third-order valence-corrected chi connectivity index (χ3v) is 4.64. The summed E-state index contributed by atoms with van der Waals surface area (Å²) < 4.78 is 5.16. The number of carbonyl (C=O) groups is 1. The van der Waals surface area contributed by atoms with E-state index in [1.807, 2.05) is 0 Å². The van der Waals surface area contributed by atoms with E-state index in [-0.39, 0.29) is 6.54 Å². The molecule has 23 heavy (non-hydrogen) atoms. The Morgan fingerprint density at radius 1 is 1.43 bits per heavy atom. The van der Waals surface area contributed by atoms with Gasteiger partial charge in [0.25, 0.3) is 0 Å². The fourth-order valence-electron chi connectivity index (χ4n) is 2.15. The molecule has 2 aromatic rings. The van der Waals surface area contributed by atoms with Crippen LogP contribution in [0.15, 0.2) is 22.8 Å². The monoisotopic (exact) mass is 338 g/mol. The molecule has 0 saturated heterocycles. The predicted molar refractivity (Wildman–Crippen MR) is 88.5 cm³/mol. The minimum Gasteiger partial charge on any atom is -0.466 e. The number of nitrogens with zero attached hydrogens (tertiary/aromatic N) is 2. The van der Waals surface area contributed by atoms with Crippen LogP contribution in [0.3, 0.4) is 0 Å². The number of hydrogen-bond donors (Lipinski definition) is 3. The van der Waals surface area contributed by atoms with Crippen LogP contribution in [0.5, 0.6) is 0 Å². The lowest BCUT2D eigenvalue weighted by molar-refractivity contribution is 0.0372. The van der Waals surface area contributed by atoms with Gasteiger partial charge in [-0.3, -0.25) is 5.32 Å². The Hall–Kier alpha value is -1.93. The second-order valence-electron chi connectivity index (χ2n) is 5.52. The second kappa shape index (κ2) is 7.56. The molecule has 2 aromatic heterocycles. The first-order valence-corrected chi connectivity index (χ1v) is 8.42. The highest BCUT2D eigenvalue weighted by Crippen LogP contribution is 2.28. The molecule has 0 radical (unpaired) electrons. The molecule has 0 spiro atoms. The molecular weight excluding hydrogens is 316 g/mol. The van der Waals surface area contributed by atoms with Gasteiger partial charge in [-0.15, -0.1) is 10.2 Å². The van der Waals surface area contributed by atoms with Crippen LogP contribution in [0.25, 0.3) is 0 Å². The average molecular weight is 338 g/mol. The lowest BCUT2D eigenvalue weighted by Gasteiger charge is -2.20. The number of hydrogen-bond acceptors (Lipinski definition) is 6. The zero-order chi connectivity index (χ0) is 16.9. The molecule has 1 unspecified atom stereocenters. The number of anilines is 1. The van der Waals surface area contributed by atoms with Crippen molar-refractivity contribution in [3.8, 4) is 0 Å². The predicted octanol–water partition coefficient (Wildman–Crippen LogP) is 3.06. The van der Waals surface area contributed by atoms with E-state index in [2.05, 4.69) is 34.7 Å². The molecule has 2 amide bonds. The number of amides is 2. The molecule has 126 valence electrons. The van der Waals surface area contributed by atoms with E-state index in [4.69, 9.17) is 4.42 Å². The first-order valence-electron chi connectivity index (χ1n) is 7.60. The van der Waals surface area contributed by atoms with Gasteiger partial charge >= 0.3 is 6.03 Å². The standard InChI is InChI=1S/C15H22N4O3S/c1-4-10(5-2)12-18-19-14(23-12)17-13(20)16-9-15(3,21)11-7-6-8-22-11/h6-8,10,21H,4-5,9H2,1-3H3,(H2,16,17,19,20). The number of aliphatic hydroxyl groups is 1. The Labute approximate surface area is 139 Å². The van der Waals surface area contributed by atoms with E-state index in [0.29, 0.717) is 16.8 Å². The first-order chi connectivity index (χ1) is 11.0. The SMILES string of the molecule is CCC(CC)c1nnc(NC(=O)NCC(C)(O)c2ccco2)s1. The van der Waals surface area contributed by atoms with Crippen molar-refractivity contribution < 1.29 is 14.3 Å². The van der Waals surface area contributed by atoms with Crippen molar-refractivity contribution >= 4 is 22.5 Å². The molecule has 3 N–H and O–H groups in total. The summed E-state index contributed by atoms with van der Waals surface area (Å²) in [7, 11) is 0. The van der Waals surface area contributed by atoms with Gasteiger partial charge in [0.05, 0.1) is 12.8 Å². The van der Waals surface area contributed by atoms with E-state index in [9.17, 15) is 9.90 Å². The number of aromatic nitrogens is 2. The van der Waals surface area contributed by atoms with Crippen LogP contribution < -0.4 is 10.6 Å². The van der Waals surface area contributed by atoms with Crippen molar-refractivity contribution in [1.29, 1.82) is 0 Å². The summed E-state index contributed by atoms with van der Waals surface area (Å²) in [6.45, 7) is 5.80. The van der Waals surface area contributed by atoms with E-state index >= 15 is 0 Å². The van der Waals surface area contributed by atoms with Crippen molar-refractivity contribution in [2.75, 3.05) is 11.9 Å². The Kier molecular flexibility index (Phi) is 5.73. The normalized spacial score (nSPS) is 13.8. The van der Waals surface area contributed by atoms with Crippen LogP contribution in [0.4, 0.5) is 9.93 Å². The van der Waals surface area contributed by atoms with Gasteiger partial charge in [0, 0.05) is 5.92 Å². The van der Waals surface area contributed by atoms with Crippen LogP contribution in [0.1, 0.15) is 50.3 Å². The zero-order valence-corrected chi connectivity index (χ0v) is 14.3. The summed E-state index contributed by atoms with van der Waals surface area (Å²) in [5.74, 6) is 0.760. The molecule has 7 nitrogen and oxygen atoms in total. The first kappa shape index (κ1) is 17.4. The minimum absolute atomic E-state index is 0.0184. The summed E-state index contributed by atoms with van der Waals surface area (Å²) in [5.41, 5.74) is -1.28. The summed E-state index contributed by atoms with van der Waals surface area (Å²) in [6.07, 6.45) is 3.46. The third-order valence-electron chi connectivity index (χ3n) is 3.64. The molecule has 0 fully saturated rings. The summed E-state index contributed by atoms with van der Waals surface area (Å²) in [4.78, 5) is 11.9. The van der Waals surface area contributed by atoms with Gasteiger partial charge in [-0.05, 0) is 31.9 Å². The molecular formula is C15H22N4O3S. The van der Waals surface area contributed by atoms with Crippen molar-refractivity contribution in [3.05, 3.63) is 29.2 Å². The molecule has 0 saturated carbocycles.